The second-order valence-electron chi connectivity index (χ2n) is 4.01. The Bertz CT molecular complexity index is 416. The molecule has 1 saturated carbocycles. The van der Waals surface area contributed by atoms with E-state index in [1.165, 1.54) is 6.20 Å². The molecule has 1 N–H and O–H groups in total. The first-order valence-electron chi connectivity index (χ1n) is 4.64. The first-order chi connectivity index (χ1) is 7.01. The highest BCUT2D eigenvalue weighted by molar-refractivity contribution is 6.41. The van der Waals surface area contributed by atoms with Crippen molar-refractivity contribution in [3.8, 4) is 0 Å². The van der Waals surface area contributed by atoms with Gasteiger partial charge in [-0.2, -0.15) is 0 Å². The van der Waals surface area contributed by atoms with E-state index >= 15 is 0 Å². The van der Waals surface area contributed by atoms with Crippen LogP contribution < -0.4 is 5.32 Å². The Morgan fingerprint density at radius 3 is 2.73 bits per heavy atom. The SMILES string of the molecule is CC1(C(=O)Nc2cnc(Cl)c(Cl)c2)CC1. The molecule has 5 heteroatoms. The predicted octanol–water partition coefficient (Wildman–Crippen LogP) is 3.13. The Kier molecular flexibility index (Phi) is 2.61. The first kappa shape index (κ1) is 10.7. The molecule has 1 aromatic rings. The molecule has 80 valence electrons. The normalized spacial score (nSPS) is 17.3. The fourth-order valence-electron chi connectivity index (χ4n) is 1.19. The number of rotatable bonds is 2. The van der Waals surface area contributed by atoms with Crippen LogP contribution in [0.5, 0.6) is 0 Å². The molecule has 1 heterocycles. The van der Waals surface area contributed by atoms with Crippen LogP contribution in [-0.2, 0) is 4.79 Å². The van der Waals surface area contributed by atoms with Crippen LogP contribution in [0.15, 0.2) is 12.3 Å². The lowest BCUT2D eigenvalue weighted by Crippen LogP contribution is -2.21. The summed E-state index contributed by atoms with van der Waals surface area (Å²) in [6.07, 6.45) is 3.37. The third kappa shape index (κ3) is 2.24. The molecule has 1 fully saturated rings. The van der Waals surface area contributed by atoms with E-state index in [0.717, 1.165) is 12.8 Å². The Morgan fingerprint density at radius 1 is 1.53 bits per heavy atom. The van der Waals surface area contributed by atoms with Crippen molar-refractivity contribution < 1.29 is 4.79 Å². The molecule has 0 radical (unpaired) electrons. The smallest absolute Gasteiger partial charge is 0.230 e. The predicted molar refractivity (Wildman–Crippen MR) is 60.2 cm³/mol. The van der Waals surface area contributed by atoms with Gasteiger partial charge < -0.3 is 5.32 Å². The number of anilines is 1. The Labute approximate surface area is 97.8 Å². The van der Waals surface area contributed by atoms with Gasteiger partial charge in [-0.05, 0) is 18.9 Å². The minimum Gasteiger partial charge on any atom is -0.324 e. The van der Waals surface area contributed by atoms with E-state index in [0.29, 0.717) is 10.7 Å². The van der Waals surface area contributed by atoms with E-state index in [2.05, 4.69) is 10.3 Å². The number of aromatic nitrogens is 1. The van der Waals surface area contributed by atoms with E-state index in [1.807, 2.05) is 6.92 Å². The number of nitrogens with zero attached hydrogens (tertiary/aromatic N) is 1. The van der Waals surface area contributed by atoms with Gasteiger partial charge in [0.1, 0.15) is 5.15 Å². The van der Waals surface area contributed by atoms with Crippen molar-refractivity contribution in [3.05, 3.63) is 22.4 Å². The number of halogens is 2. The van der Waals surface area contributed by atoms with Crippen LogP contribution in [0, 0.1) is 5.41 Å². The zero-order valence-electron chi connectivity index (χ0n) is 8.18. The van der Waals surface area contributed by atoms with Gasteiger partial charge in [0.25, 0.3) is 0 Å². The second-order valence-corrected chi connectivity index (χ2v) is 4.78. The minimum absolute atomic E-state index is 0.0164. The monoisotopic (exact) mass is 244 g/mol. The molecule has 2 rings (SSSR count). The van der Waals surface area contributed by atoms with Crippen LogP contribution in [0.2, 0.25) is 10.2 Å². The lowest BCUT2D eigenvalue weighted by Gasteiger charge is -2.09. The zero-order valence-corrected chi connectivity index (χ0v) is 9.69. The molecule has 1 aliphatic carbocycles. The molecule has 1 aromatic heterocycles. The third-order valence-corrected chi connectivity index (χ3v) is 3.29. The minimum atomic E-state index is -0.202. The fourth-order valence-corrected chi connectivity index (χ4v) is 1.46. The molecule has 1 amide bonds. The molecule has 0 saturated heterocycles. The lowest BCUT2D eigenvalue weighted by molar-refractivity contribution is -0.120. The molecular weight excluding hydrogens is 235 g/mol. The summed E-state index contributed by atoms with van der Waals surface area (Å²) in [5.41, 5.74) is 0.383. The molecule has 0 aromatic carbocycles. The molecule has 0 spiro atoms. The van der Waals surface area contributed by atoms with Gasteiger partial charge in [-0.1, -0.05) is 30.1 Å². The topological polar surface area (TPSA) is 42.0 Å². The van der Waals surface area contributed by atoms with Crippen molar-refractivity contribution in [1.29, 1.82) is 0 Å². The molecule has 1 aliphatic rings. The van der Waals surface area contributed by atoms with Crippen LogP contribution in [0.3, 0.4) is 0 Å². The second kappa shape index (κ2) is 3.65. The molecule has 0 unspecified atom stereocenters. The van der Waals surface area contributed by atoms with Crippen molar-refractivity contribution in [2.45, 2.75) is 19.8 Å². The number of carbonyl (C=O) groups excluding carboxylic acids is 1. The van der Waals surface area contributed by atoms with Gasteiger partial charge in [0.2, 0.25) is 5.91 Å². The van der Waals surface area contributed by atoms with Crippen molar-refractivity contribution in [2.24, 2.45) is 5.41 Å². The van der Waals surface area contributed by atoms with Gasteiger partial charge >= 0.3 is 0 Å². The summed E-state index contributed by atoms with van der Waals surface area (Å²) in [6, 6.07) is 1.60. The van der Waals surface area contributed by atoms with Crippen LogP contribution in [0.4, 0.5) is 5.69 Å². The van der Waals surface area contributed by atoms with Gasteiger partial charge in [0.05, 0.1) is 16.9 Å². The summed E-state index contributed by atoms with van der Waals surface area (Å²) in [7, 11) is 0. The van der Waals surface area contributed by atoms with E-state index in [4.69, 9.17) is 23.2 Å². The lowest BCUT2D eigenvalue weighted by atomic mass is 10.1. The molecule has 15 heavy (non-hydrogen) atoms. The summed E-state index contributed by atoms with van der Waals surface area (Å²) in [4.78, 5) is 15.5. The average molecular weight is 245 g/mol. The Balaban J connectivity index is 2.11. The molecule has 0 bridgehead atoms. The molecule has 3 nitrogen and oxygen atoms in total. The van der Waals surface area contributed by atoms with Crippen molar-refractivity contribution in [2.75, 3.05) is 5.32 Å². The van der Waals surface area contributed by atoms with Gasteiger partial charge in [-0.15, -0.1) is 0 Å². The highest BCUT2D eigenvalue weighted by Crippen LogP contribution is 2.45. The largest absolute Gasteiger partial charge is 0.324 e. The summed E-state index contributed by atoms with van der Waals surface area (Å²) < 4.78 is 0. The highest BCUT2D eigenvalue weighted by Gasteiger charge is 2.44. The molecule has 0 aliphatic heterocycles. The molecule has 0 atom stereocenters. The first-order valence-corrected chi connectivity index (χ1v) is 5.39. The maximum absolute atomic E-state index is 11.7. The fraction of sp³-hybridized carbons (Fsp3) is 0.400. The number of hydrogen-bond donors (Lipinski definition) is 1. The van der Waals surface area contributed by atoms with E-state index < -0.39 is 0 Å². The van der Waals surface area contributed by atoms with Gasteiger partial charge in [0.15, 0.2) is 0 Å². The van der Waals surface area contributed by atoms with Crippen molar-refractivity contribution in [3.63, 3.8) is 0 Å². The number of carbonyl (C=O) groups is 1. The standard InChI is InChI=1S/C10H10Cl2N2O/c1-10(2-3-10)9(15)14-6-4-7(11)8(12)13-5-6/h4-5H,2-3H2,1H3,(H,14,15). The number of amides is 1. The zero-order chi connectivity index (χ0) is 11.1. The number of hydrogen-bond acceptors (Lipinski definition) is 2. The van der Waals surface area contributed by atoms with Gasteiger partial charge in [-0.25, -0.2) is 4.98 Å². The van der Waals surface area contributed by atoms with Crippen LogP contribution in [0.25, 0.3) is 0 Å². The maximum atomic E-state index is 11.7. The quantitative estimate of drug-likeness (QED) is 0.813. The van der Waals surface area contributed by atoms with Crippen LogP contribution in [0.1, 0.15) is 19.8 Å². The summed E-state index contributed by atoms with van der Waals surface area (Å²) in [6.45, 7) is 1.94. The Morgan fingerprint density at radius 2 is 2.20 bits per heavy atom. The number of pyridine rings is 1. The van der Waals surface area contributed by atoms with Gasteiger partial charge in [0, 0.05) is 5.41 Å². The highest BCUT2D eigenvalue weighted by atomic mass is 35.5. The van der Waals surface area contributed by atoms with Gasteiger partial charge in [-0.3, -0.25) is 4.79 Å². The average Bonchev–Trinajstić information content (AvgIpc) is 2.92. The van der Waals surface area contributed by atoms with Crippen molar-refractivity contribution in [1.82, 2.24) is 4.98 Å². The van der Waals surface area contributed by atoms with Crippen LogP contribution >= 0.6 is 23.2 Å². The third-order valence-electron chi connectivity index (χ3n) is 2.60. The van der Waals surface area contributed by atoms with E-state index in [-0.39, 0.29) is 16.5 Å². The summed E-state index contributed by atoms with van der Waals surface area (Å²) in [5.74, 6) is 0.0164. The maximum Gasteiger partial charge on any atom is 0.230 e. The Hall–Kier alpha value is -0.800. The van der Waals surface area contributed by atoms with Crippen molar-refractivity contribution >= 4 is 34.8 Å². The molecular formula is C10H10Cl2N2O. The van der Waals surface area contributed by atoms with E-state index in [1.54, 1.807) is 6.07 Å². The van der Waals surface area contributed by atoms with E-state index in [9.17, 15) is 4.79 Å². The number of nitrogens with one attached hydrogen (secondary N) is 1. The summed E-state index contributed by atoms with van der Waals surface area (Å²) in [5, 5.41) is 3.35. The van der Waals surface area contributed by atoms with Crippen LogP contribution in [-0.4, -0.2) is 10.9 Å². The summed E-state index contributed by atoms with van der Waals surface area (Å²) >= 11 is 11.4.